The normalized spacial score (nSPS) is 11.8. The molecule has 4 rings (SSSR count). The lowest BCUT2D eigenvalue weighted by molar-refractivity contribution is -0.119. The maximum Gasteiger partial charge on any atom is 0.329 e. The first-order valence-corrected chi connectivity index (χ1v) is 9.66. The SMILES string of the molecule is COc1ncccc1NC(=O)[C@@H](Cc1ccccc1)n1c(=O)[nH]c2ccccc2c1=O. The van der Waals surface area contributed by atoms with E-state index >= 15 is 0 Å². The van der Waals surface area contributed by atoms with Crippen molar-refractivity contribution in [3.05, 3.63) is 99.3 Å². The second-order valence-electron chi connectivity index (χ2n) is 6.91. The molecule has 1 amide bonds. The monoisotopic (exact) mass is 416 g/mol. The number of aromatic amines is 1. The van der Waals surface area contributed by atoms with Crippen LogP contribution >= 0.6 is 0 Å². The molecule has 0 spiro atoms. The molecule has 0 saturated carbocycles. The summed E-state index contributed by atoms with van der Waals surface area (Å²) in [4.78, 5) is 46.1. The van der Waals surface area contributed by atoms with E-state index in [1.165, 1.54) is 13.3 Å². The maximum absolute atomic E-state index is 13.3. The van der Waals surface area contributed by atoms with Gasteiger partial charge in [0, 0.05) is 12.6 Å². The van der Waals surface area contributed by atoms with Crippen molar-refractivity contribution in [3.63, 3.8) is 0 Å². The van der Waals surface area contributed by atoms with E-state index in [-0.39, 0.29) is 12.3 Å². The molecule has 4 aromatic rings. The number of amides is 1. The molecule has 0 fully saturated rings. The minimum Gasteiger partial charge on any atom is -0.480 e. The fraction of sp³-hybridized carbons (Fsp3) is 0.130. The third-order valence-electron chi connectivity index (χ3n) is 4.95. The van der Waals surface area contributed by atoms with Crippen molar-refractivity contribution in [2.45, 2.75) is 12.5 Å². The summed E-state index contributed by atoms with van der Waals surface area (Å²) >= 11 is 0. The van der Waals surface area contributed by atoms with E-state index < -0.39 is 23.2 Å². The van der Waals surface area contributed by atoms with Gasteiger partial charge in [0.15, 0.2) is 0 Å². The topological polar surface area (TPSA) is 106 Å². The molecule has 0 saturated heterocycles. The highest BCUT2D eigenvalue weighted by Gasteiger charge is 2.26. The molecular weight excluding hydrogens is 396 g/mol. The van der Waals surface area contributed by atoms with Gasteiger partial charge in [-0.05, 0) is 29.8 Å². The molecule has 0 aliphatic rings. The number of para-hydroxylation sites is 1. The van der Waals surface area contributed by atoms with Crippen LogP contribution in [-0.2, 0) is 11.2 Å². The number of rotatable bonds is 6. The minimum atomic E-state index is -1.09. The predicted molar refractivity (Wildman–Crippen MR) is 117 cm³/mol. The van der Waals surface area contributed by atoms with Crippen LogP contribution in [0, 0.1) is 0 Å². The number of H-pyrrole nitrogens is 1. The van der Waals surface area contributed by atoms with Gasteiger partial charge in [-0.3, -0.25) is 9.59 Å². The van der Waals surface area contributed by atoms with Gasteiger partial charge in [-0.1, -0.05) is 42.5 Å². The Kier molecular flexibility index (Phi) is 5.61. The molecule has 8 heteroatoms. The van der Waals surface area contributed by atoms with Crippen LogP contribution in [0.3, 0.4) is 0 Å². The Hall–Kier alpha value is -4.20. The molecule has 0 radical (unpaired) electrons. The van der Waals surface area contributed by atoms with E-state index in [9.17, 15) is 14.4 Å². The van der Waals surface area contributed by atoms with Gasteiger partial charge in [-0.25, -0.2) is 14.3 Å². The maximum atomic E-state index is 13.3. The van der Waals surface area contributed by atoms with E-state index in [4.69, 9.17) is 4.74 Å². The van der Waals surface area contributed by atoms with Crippen LogP contribution in [0.5, 0.6) is 5.88 Å². The third-order valence-corrected chi connectivity index (χ3v) is 4.95. The Bertz CT molecular complexity index is 1350. The van der Waals surface area contributed by atoms with E-state index in [1.807, 2.05) is 30.3 Å². The molecule has 2 aromatic carbocycles. The van der Waals surface area contributed by atoms with Crippen molar-refractivity contribution in [3.8, 4) is 5.88 Å². The number of hydrogen-bond donors (Lipinski definition) is 2. The van der Waals surface area contributed by atoms with Gasteiger partial charge >= 0.3 is 5.69 Å². The minimum absolute atomic E-state index is 0.149. The smallest absolute Gasteiger partial charge is 0.329 e. The fourth-order valence-corrected chi connectivity index (χ4v) is 3.46. The molecule has 0 unspecified atom stereocenters. The van der Waals surface area contributed by atoms with Crippen LogP contribution in [0.1, 0.15) is 11.6 Å². The number of benzene rings is 2. The first-order valence-electron chi connectivity index (χ1n) is 9.66. The van der Waals surface area contributed by atoms with Gasteiger partial charge in [-0.2, -0.15) is 0 Å². The fourth-order valence-electron chi connectivity index (χ4n) is 3.46. The summed E-state index contributed by atoms with van der Waals surface area (Å²) in [5.74, 6) is -0.299. The summed E-state index contributed by atoms with van der Waals surface area (Å²) in [5, 5.41) is 3.07. The second kappa shape index (κ2) is 8.66. The average molecular weight is 416 g/mol. The lowest BCUT2D eigenvalue weighted by Crippen LogP contribution is -2.43. The summed E-state index contributed by atoms with van der Waals surface area (Å²) in [6, 6.07) is 18.1. The van der Waals surface area contributed by atoms with Gasteiger partial charge in [-0.15, -0.1) is 0 Å². The van der Waals surface area contributed by atoms with Gasteiger partial charge < -0.3 is 15.0 Å². The number of methoxy groups -OCH3 is 1. The molecule has 0 bridgehead atoms. The molecule has 31 heavy (non-hydrogen) atoms. The molecule has 2 N–H and O–H groups in total. The number of fused-ring (bicyclic) bond motifs is 1. The van der Waals surface area contributed by atoms with Crippen LogP contribution in [0.15, 0.2) is 82.5 Å². The van der Waals surface area contributed by atoms with Crippen molar-refractivity contribution in [1.82, 2.24) is 14.5 Å². The first kappa shape index (κ1) is 20.1. The zero-order valence-electron chi connectivity index (χ0n) is 16.7. The number of nitrogens with zero attached hydrogens (tertiary/aromatic N) is 2. The molecule has 1 atom stereocenters. The summed E-state index contributed by atoms with van der Waals surface area (Å²) < 4.78 is 6.16. The van der Waals surface area contributed by atoms with Gasteiger partial charge in [0.05, 0.1) is 18.0 Å². The molecule has 156 valence electrons. The van der Waals surface area contributed by atoms with Crippen molar-refractivity contribution < 1.29 is 9.53 Å². The highest BCUT2D eigenvalue weighted by molar-refractivity contribution is 5.95. The Morgan fingerprint density at radius 2 is 1.81 bits per heavy atom. The Morgan fingerprint density at radius 3 is 2.58 bits per heavy atom. The highest BCUT2D eigenvalue weighted by atomic mass is 16.5. The van der Waals surface area contributed by atoms with Gasteiger partial charge in [0.1, 0.15) is 11.7 Å². The zero-order valence-corrected chi connectivity index (χ0v) is 16.7. The van der Waals surface area contributed by atoms with Crippen molar-refractivity contribution in [1.29, 1.82) is 0 Å². The summed E-state index contributed by atoms with van der Waals surface area (Å²) in [7, 11) is 1.44. The third kappa shape index (κ3) is 4.09. The lowest BCUT2D eigenvalue weighted by Gasteiger charge is -2.20. The number of anilines is 1. The van der Waals surface area contributed by atoms with Crippen LogP contribution in [0.4, 0.5) is 5.69 Å². The van der Waals surface area contributed by atoms with Gasteiger partial charge in [0.2, 0.25) is 11.8 Å². The molecule has 2 heterocycles. The quantitative estimate of drug-likeness (QED) is 0.502. The first-order chi connectivity index (χ1) is 15.1. The average Bonchev–Trinajstić information content (AvgIpc) is 2.79. The zero-order chi connectivity index (χ0) is 21.8. The molecule has 2 aromatic heterocycles. The number of carbonyl (C=O) groups is 1. The second-order valence-corrected chi connectivity index (χ2v) is 6.91. The van der Waals surface area contributed by atoms with Crippen molar-refractivity contribution in [2.24, 2.45) is 0 Å². The number of aromatic nitrogens is 3. The Balaban J connectivity index is 1.82. The van der Waals surface area contributed by atoms with Crippen LogP contribution in [0.25, 0.3) is 10.9 Å². The number of nitrogens with one attached hydrogen (secondary N) is 2. The molecule has 0 aliphatic heterocycles. The molecule has 8 nitrogen and oxygen atoms in total. The number of hydrogen-bond acceptors (Lipinski definition) is 5. The van der Waals surface area contributed by atoms with E-state index in [1.54, 1.807) is 36.4 Å². The Labute approximate surface area is 177 Å². The standard InChI is InChI=1S/C23H20N4O4/c1-31-21-18(12-7-13-24-21)25-20(28)19(14-15-8-3-2-4-9-15)27-22(29)16-10-5-6-11-17(16)26-23(27)30/h2-13,19H,14H2,1H3,(H,25,28)(H,26,30)/t19-/m1/s1. The number of pyridine rings is 1. The largest absolute Gasteiger partial charge is 0.480 e. The lowest BCUT2D eigenvalue weighted by atomic mass is 10.0. The molecular formula is C23H20N4O4. The van der Waals surface area contributed by atoms with E-state index in [0.29, 0.717) is 16.6 Å². The summed E-state index contributed by atoms with van der Waals surface area (Å²) in [5.41, 5.74) is 0.381. The van der Waals surface area contributed by atoms with Crippen LogP contribution in [0.2, 0.25) is 0 Å². The van der Waals surface area contributed by atoms with E-state index in [2.05, 4.69) is 15.3 Å². The van der Waals surface area contributed by atoms with Crippen LogP contribution < -0.4 is 21.3 Å². The Morgan fingerprint density at radius 1 is 1.06 bits per heavy atom. The van der Waals surface area contributed by atoms with E-state index in [0.717, 1.165) is 10.1 Å². The van der Waals surface area contributed by atoms with Crippen molar-refractivity contribution in [2.75, 3.05) is 12.4 Å². The molecule has 0 aliphatic carbocycles. The van der Waals surface area contributed by atoms with Crippen LogP contribution in [-0.4, -0.2) is 27.6 Å². The summed E-state index contributed by atoms with van der Waals surface area (Å²) in [6.45, 7) is 0. The number of carbonyl (C=O) groups excluding carboxylic acids is 1. The van der Waals surface area contributed by atoms with Crippen molar-refractivity contribution >= 4 is 22.5 Å². The number of ether oxygens (including phenoxy) is 1. The predicted octanol–water partition coefficient (Wildman–Crippen LogP) is 2.52. The summed E-state index contributed by atoms with van der Waals surface area (Å²) in [6.07, 6.45) is 1.69. The van der Waals surface area contributed by atoms with Gasteiger partial charge in [0.25, 0.3) is 5.56 Å². The highest BCUT2D eigenvalue weighted by Crippen LogP contribution is 2.22.